The van der Waals surface area contributed by atoms with Crippen molar-refractivity contribution in [3.05, 3.63) is 18.2 Å². The maximum atomic E-state index is 12.5. The van der Waals surface area contributed by atoms with E-state index in [2.05, 4.69) is 19.8 Å². The maximum Gasteiger partial charge on any atom is 0.237 e. The van der Waals surface area contributed by atoms with Crippen molar-refractivity contribution in [3.8, 4) is 0 Å². The number of nitrogens with one attached hydrogen (secondary N) is 1. The molecule has 2 aliphatic heterocycles. The first kappa shape index (κ1) is 14.6. The molecule has 1 aromatic rings. The lowest BCUT2D eigenvalue weighted by atomic mass is 10.1. The number of imidazole rings is 1. The number of nitrogens with zero attached hydrogens (tertiary/aromatic N) is 3. The summed E-state index contributed by atoms with van der Waals surface area (Å²) in [6.07, 6.45) is 10.9. The molecule has 2 aliphatic rings. The van der Waals surface area contributed by atoms with E-state index in [9.17, 15) is 4.79 Å². The number of fused-ring (bicyclic) bond motifs is 1. The molecule has 1 fully saturated rings. The third-order valence-electron chi connectivity index (χ3n) is 4.85. The summed E-state index contributed by atoms with van der Waals surface area (Å²) in [6.45, 7) is 5.02. The van der Waals surface area contributed by atoms with Crippen LogP contribution in [0.4, 0.5) is 0 Å². The fourth-order valence-electron chi connectivity index (χ4n) is 3.45. The van der Waals surface area contributed by atoms with Gasteiger partial charge in [-0.05, 0) is 39.3 Å². The van der Waals surface area contributed by atoms with Crippen LogP contribution in [0.1, 0.15) is 44.9 Å². The summed E-state index contributed by atoms with van der Waals surface area (Å²) in [7, 11) is 0. The number of hydrogen-bond acceptors (Lipinski definition) is 3. The van der Waals surface area contributed by atoms with Crippen LogP contribution < -0.4 is 5.32 Å². The summed E-state index contributed by atoms with van der Waals surface area (Å²) in [5, 5.41) is 3.24. The van der Waals surface area contributed by atoms with Crippen molar-refractivity contribution >= 4 is 5.91 Å². The van der Waals surface area contributed by atoms with Crippen molar-refractivity contribution in [2.45, 2.75) is 64.1 Å². The van der Waals surface area contributed by atoms with Gasteiger partial charge in [-0.1, -0.05) is 12.8 Å². The highest BCUT2D eigenvalue weighted by Crippen LogP contribution is 2.15. The molecule has 0 radical (unpaired) electrons. The van der Waals surface area contributed by atoms with Gasteiger partial charge in [-0.3, -0.25) is 9.69 Å². The van der Waals surface area contributed by atoms with Gasteiger partial charge in [-0.25, -0.2) is 4.98 Å². The van der Waals surface area contributed by atoms with E-state index in [1.54, 1.807) is 0 Å². The van der Waals surface area contributed by atoms with Crippen molar-refractivity contribution in [1.82, 2.24) is 19.8 Å². The van der Waals surface area contributed by atoms with Crippen LogP contribution in [0.5, 0.6) is 0 Å². The van der Waals surface area contributed by atoms with E-state index >= 15 is 0 Å². The molecular formula is C16H26N4O. The molecule has 1 aromatic heterocycles. The van der Waals surface area contributed by atoms with Crippen LogP contribution in [0.25, 0.3) is 0 Å². The Bertz CT molecular complexity index is 476. The number of carbonyl (C=O) groups is 1. The number of hydrogen-bond donors (Lipinski definition) is 1. The van der Waals surface area contributed by atoms with Crippen LogP contribution in [0.2, 0.25) is 0 Å². The standard InChI is InChI=1S/C16H26N4O/c1-13(19-9-4-2-3-5-10-19)16(21)18-14-6-7-15-17-8-11-20(15)12-14/h8,11,13-14H,2-7,9-10,12H2,1H3,(H,18,21)/t13-,14-/m1/s1. The highest BCUT2D eigenvalue weighted by atomic mass is 16.2. The number of aromatic nitrogens is 2. The van der Waals surface area contributed by atoms with E-state index < -0.39 is 0 Å². The van der Waals surface area contributed by atoms with Gasteiger partial charge in [0.1, 0.15) is 5.82 Å². The molecule has 3 rings (SSSR count). The summed E-state index contributed by atoms with van der Waals surface area (Å²) in [4.78, 5) is 19.2. The molecule has 0 bridgehead atoms. The molecule has 5 nitrogen and oxygen atoms in total. The molecule has 0 aromatic carbocycles. The predicted octanol–water partition coefficient (Wildman–Crippen LogP) is 1.58. The Hall–Kier alpha value is -1.36. The quantitative estimate of drug-likeness (QED) is 0.919. The number of amides is 1. The Morgan fingerprint density at radius 1 is 1.33 bits per heavy atom. The SMILES string of the molecule is C[C@H](C(=O)N[C@@H]1CCc2nccn2C1)N1CCCCCC1. The smallest absolute Gasteiger partial charge is 0.237 e. The molecule has 0 aliphatic carbocycles. The normalized spacial score (nSPS) is 24.9. The van der Waals surface area contributed by atoms with Gasteiger partial charge < -0.3 is 9.88 Å². The molecule has 1 amide bonds. The van der Waals surface area contributed by atoms with E-state index in [0.717, 1.165) is 38.3 Å². The Morgan fingerprint density at radius 3 is 2.86 bits per heavy atom. The number of aryl methyl sites for hydroxylation is 1. The minimum Gasteiger partial charge on any atom is -0.350 e. The van der Waals surface area contributed by atoms with Gasteiger partial charge in [0.05, 0.1) is 6.04 Å². The van der Waals surface area contributed by atoms with Crippen LogP contribution in [-0.2, 0) is 17.8 Å². The Morgan fingerprint density at radius 2 is 2.10 bits per heavy atom. The van der Waals surface area contributed by atoms with E-state index in [4.69, 9.17) is 0 Å². The number of rotatable bonds is 3. The summed E-state index contributed by atoms with van der Waals surface area (Å²) in [5.74, 6) is 1.33. The highest BCUT2D eigenvalue weighted by molar-refractivity contribution is 5.81. The molecule has 1 saturated heterocycles. The van der Waals surface area contributed by atoms with Crippen LogP contribution in [0.3, 0.4) is 0 Å². The second-order valence-corrected chi connectivity index (χ2v) is 6.37. The topological polar surface area (TPSA) is 50.2 Å². The highest BCUT2D eigenvalue weighted by Gasteiger charge is 2.26. The molecule has 2 atom stereocenters. The minimum atomic E-state index is -0.00714. The molecule has 0 spiro atoms. The Kier molecular flexibility index (Phi) is 4.58. The van der Waals surface area contributed by atoms with Crippen LogP contribution in [0, 0.1) is 0 Å². The average molecular weight is 290 g/mol. The van der Waals surface area contributed by atoms with Crippen LogP contribution in [0.15, 0.2) is 12.4 Å². The molecule has 3 heterocycles. The lowest BCUT2D eigenvalue weighted by Gasteiger charge is -2.30. The fraction of sp³-hybridized carbons (Fsp3) is 0.750. The van der Waals surface area contributed by atoms with Gasteiger partial charge in [-0.2, -0.15) is 0 Å². The third kappa shape index (κ3) is 3.46. The van der Waals surface area contributed by atoms with Gasteiger partial charge in [0.2, 0.25) is 5.91 Å². The van der Waals surface area contributed by atoms with Gasteiger partial charge in [0.25, 0.3) is 0 Å². The van der Waals surface area contributed by atoms with Crippen molar-refractivity contribution in [2.24, 2.45) is 0 Å². The van der Waals surface area contributed by atoms with Crippen molar-refractivity contribution in [2.75, 3.05) is 13.1 Å². The predicted molar refractivity (Wildman–Crippen MR) is 82.0 cm³/mol. The zero-order valence-corrected chi connectivity index (χ0v) is 12.9. The largest absolute Gasteiger partial charge is 0.350 e. The lowest BCUT2D eigenvalue weighted by molar-refractivity contribution is -0.126. The van der Waals surface area contributed by atoms with Crippen molar-refractivity contribution in [3.63, 3.8) is 0 Å². The van der Waals surface area contributed by atoms with Gasteiger partial charge in [0, 0.05) is 31.4 Å². The van der Waals surface area contributed by atoms with Gasteiger partial charge >= 0.3 is 0 Å². The molecule has 0 saturated carbocycles. The zero-order chi connectivity index (χ0) is 14.7. The zero-order valence-electron chi connectivity index (χ0n) is 12.9. The molecule has 5 heteroatoms. The first-order valence-corrected chi connectivity index (χ1v) is 8.28. The number of likely N-dealkylation sites (tertiary alicyclic amines) is 1. The summed E-state index contributed by atoms with van der Waals surface area (Å²) in [5.41, 5.74) is 0. The number of carbonyl (C=O) groups excluding carboxylic acids is 1. The van der Waals surface area contributed by atoms with E-state index in [1.807, 2.05) is 19.3 Å². The Labute approximate surface area is 126 Å². The average Bonchev–Trinajstić information content (AvgIpc) is 2.78. The first-order chi connectivity index (χ1) is 10.2. The van der Waals surface area contributed by atoms with Crippen LogP contribution >= 0.6 is 0 Å². The van der Waals surface area contributed by atoms with Crippen LogP contribution in [-0.4, -0.2) is 45.5 Å². The van der Waals surface area contributed by atoms with Crippen molar-refractivity contribution < 1.29 is 4.79 Å². The summed E-state index contributed by atoms with van der Waals surface area (Å²) >= 11 is 0. The molecule has 1 N–H and O–H groups in total. The van der Waals surface area contributed by atoms with Gasteiger partial charge in [0.15, 0.2) is 0 Å². The molecule has 21 heavy (non-hydrogen) atoms. The fourth-order valence-corrected chi connectivity index (χ4v) is 3.45. The molecular weight excluding hydrogens is 264 g/mol. The molecule has 116 valence electrons. The summed E-state index contributed by atoms with van der Waals surface area (Å²) < 4.78 is 2.16. The Balaban J connectivity index is 1.54. The first-order valence-electron chi connectivity index (χ1n) is 8.28. The monoisotopic (exact) mass is 290 g/mol. The van der Waals surface area contributed by atoms with E-state index in [-0.39, 0.29) is 18.0 Å². The van der Waals surface area contributed by atoms with E-state index in [1.165, 1.54) is 25.7 Å². The summed E-state index contributed by atoms with van der Waals surface area (Å²) in [6, 6.07) is 0.237. The van der Waals surface area contributed by atoms with Crippen molar-refractivity contribution in [1.29, 1.82) is 0 Å². The third-order valence-corrected chi connectivity index (χ3v) is 4.85. The minimum absolute atomic E-state index is 0.00714. The maximum absolute atomic E-state index is 12.5. The lowest BCUT2D eigenvalue weighted by Crippen LogP contribution is -2.50. The second kappa shape index (κ2) is 6.60. The molecule has 0 unspecified atom stereocenters. The van der Waals surface area contributed by atoms with E-state index in [0.29, 0.717) is 0 Å². The van der Waals surface area contributed by atoms with Gasteiger partial charge in [-0.15, -0.1) is 0 Å². The second-order valence-electron chi connectivity index (χ2n) is 6.37.